The molecule has 2 aliphatic carbocycles. The first-order valence-electron chi connectivity index (χ1n) is 20.7. The Kier molecular flexibility index (Phi) is 11.8. The molecule has 4 heterocycles. The second-order valence-corrected chi connectivity index (χ2v) is 19.8. The SMILES string of the molecule is CO[C@]1(CN2CCN(C3COCCOC3)CC2)/C=C\C[C@H](C)[C@@H](C)S(=O)(=O)NC(=O)c2ccc3c(c2)N(C[C@@H]2CC[C@H]21)C[C@@]1(CCCc2cc(Cl)ccc21)CO3. The average molecular weight is 811 g/mol. The minimum atomic E-state index is -3.97. The zero-order valence-electron chi connectivity index (χ0n) is 33.2. The van der Waals surface area contributed by atoms with Crippen molar-refractivity contribution in [3.63, 3.8) is 0 Å². The van der Waals surface area contributed by atoms with Gasteiger partial charge in [-0.3, -0.25) is 14.6 Å². The molecule has 1 amide bonds. The standard InChI is InChI=1S/C43H59ClN4O7S/c1-30-6-4-15-43(52-3,28-46-16-18-47(19-17-46)36-25-53-20-21-54-26-36)38-11-8-34(38)24-48-27-42(14-5-7-32-22-35(44)10-12-37(32)42)29-55-40-13-9-33(23-39(40)48)41(49)45-56(50,51)31(30)2/h4,9-10,12-13,15,22-23,30-31,34,36,38H,5-8,11,14,16-21,24-29H2,1-3H3,(H,45,49)/b15-4-/t30-,31+,34-,38+,42-,43-/m0/s1. The highest BCUT2D eigenvalue weighted by Gasteiger charge is 2.50. The molecule has 11 nitrogen and oxygen atoms in total. The molecular weight excluding hydrogens is 752 g/mol. The molecule has 1 saturated carbocycles. The van der Waals surface area contributed by atoms with Gasteiger partial charge in [0.1, 0.15) is 11.4 Å². The minimum Gasteiger partial charge on any atom is -0.490 e. The summed E-state index contributed by atoms with van der Waals surface area (Å²) in [5.74, 6) is 0.415. The molecule has 0 unspecified atom stereocenters. The van der Waals surface area contributed by atoms with Crippen LogP contribution in [0.2, 0.25) is 5.02 Å². The maximum atomic E-state index is 13.7. The van der Waals surface area contributed by atoms with Crippen LogP contribution < -0.4 is 14.4 Å². The van der Waals surface area contributed by atoms with Gasteiger partial charge in [0, 0.05) is 68.9 Å². The normalized spacial score (nSPS) is 33.9. The van der Waals surface area contributed by atoms with E-state index in [-0.39, 0.29) is 23.3 Å². The van der Waals surface area contributed by atoms with E-state index in [0.717, 1.165) is 82.1 Å². The molecule has 3 fully saturated rings. The fourth-order valence-corrected chi connectivity index (χ4v) is 11.7. The van der Waals surface area contributed by atoms with Gasteiger partial charge in [0.25, 0.3) is 5.91 Å². The topological polar surface area (TPSA) is 110 Å². The zero-order chi connectivity index (χ0) is 39.1. The second-order valence-electron chi connectivity index (χ2n) is 17.3. The molecule has 2 bridgehead atoms. The number of rotatable bonds is 4. The lowest BCUT2D eigenvalue weighted by atomic mass is 9.63. The summed E-state index contributed by atoms with van der Waals surface area (Å²) in [4.78, 5) is 21.2. The smallest absolute Gasteiger partial charge is 0.264 e. The first kappa shape index (κ1) is 40.1. The van der Waals surface area contributed by atoms with E-state index >= 15 is 0 Å². The van der Waals surface area contributed by atoms with Crippen LogP contribution in [0.5, 0.6) is 5.75 Å². The molecule has 6 atom stereocenters. The number of sulfonamides is 1. The Morgan fingerprint density at radius 3 is 2.54 bits per heavy atom. The largest absolute Gasteiger partial charge is 0.490 e. The van der Waals surface area contributed by atoms with Crippen LogP contribution in [0.15, 0.2) is 48.6 Å². The summed E-state index contributed by atoms with van der Waals surface area (Å²) in [6.45, 7) is 12.8. The Hall–Kier alpha value is -2.71. The van der Waals surface area contributed by atoms with Crippen LogP contribution in [0.4, 0.5) is 5.69 Å². The lowest BCUT2D eigenvalue weighted by Gasteiger charge is -2.52. The third kappa shape index (κ3) is 8.01. The molecule has 2 aromatic rings. The van der Waals surface area contributed by atoms with Crippen LogP contribution in [-0.4, -0.2) is 127 Å². The fraction of sp³-hybridized carbons (Fsp3) is 0.651. The lowest BCUT2D eigenvalue weighted by Crippen LogP contribution is -2.60. The Bertz CT molecular complexity index is 1880. The van der Waals surface area contributed by atoms with Crippen LogP contribution in [0.25, 0.3) is 0 Å². The number of carbonyl (C=O) groups is 1. The number of hydrogen-bond acceptors (Lipinski definition) is 10. The van der Waals surface area contributed by atoms with Crippen LogP contribution in [0, 0.1) is 17.8 Å². The summed E-state index contributed by atoms with van der Waals surface area (Å²) in [6.07, 6.45) is 10.0. The molecule has 306 valence electrons. The van der Waals surface area contributed by atoms with Crippen molar-refractivity contribution in [2.24, 2.45) is 17.8 Å². The molecule has 0 aromatic heterocycles. The molecule has 4 aliphatic heterocycles. The summed E-state index contributed by atoms with van der Waals surface area (Å²) >= 11 is 6.52. The summed E-state index contributed by atoms with van der Waals surface area (Å²) < 4.78 is 54.9. The first-order valence-corrected chi connectivity index (χ1v) is 22.6. The summed E-state index contributed by atoms with van der Waals surface area (Å²) in [7, 11) is -2.12. The number of fused-ring (bicyclic) bond motifs is 4. The molecule has 6 aliphatic rings. The third-order valence-electron chi connectivity index (χ3n) is 14.0. The number of halogens is 1. The van der Waals surface area contributed by atoms with Crippen molar-refractivity contribution in [3.05, 3.63) is 70.3 Å². The van der Waals surface area contributed by atoms with Gasteiger partial charge in [0.05, 0.1) is 50.0 Å². The number of allylic oxidation sites excluding steroid dienone is 1. The third-order valence-corrected chi connectivity index (χ3v) is 16.1. The van der Waals surface area contributed by atoms with E-state index in [1.54, 1.807) is 13.0 Å². The highest BCUT2D eigenvalue weighted by molar-refractivity contribution is 7.90. The van der Waals surface area contributed by atoms with Crippen LogP contribution >= 0.6 is 11.6 Å². The van der Waals surface area contributed by atoms with E-state index in [9.17, 15) is 13.2 Å². The number of amides is 1. The highest BCUT2D eigenvalue weighted by atomic mass is 35.5. The number of anilines is 1. The van der Waals surface area contributed by atoms with Crippen LogP contribution in [-0.2, 0) is 36.1 Å². The number of ether oxygens (including phenoxy) is 4. The van der Waals surface area contributed by atoms with Crippen molar-refractivity contribution in [1.82, 2.24) is 14.5 Å². The van der Waals surface area contributed by atoms with Crippen LogP contribution in [0.1, 0.15) is 67.4 Å². The monoisotopic (exact) mass is 810 g/mol. The molecule has 8 rings (SSSR count). The van der Waals surface area contributed by atoms with Gasteiger partial charge in [-0.1, -0.05) is 36.7 Å². The van der Waals surface area contributed by atoms with E-state index in [1.807, 2.05) is 32.2 Å². The predicted molar refractivity (Wildman–Crippen MR) is 218 cm³/mol. The van der Waals surface area contributed by atoms with E-state index in [4.69, 9.17) is 30.5 Å². The van der Waals surface area contributed by atoms with Gasteiger partial charge in [-0.2, -0.15) is 0 Å². The summed E-state index contributed by atoms with van der Waals surface area (Å²) in [6, 6.07) is 11.9. The predicted octanol–water partition coefficient (Wildman–Crippen LogP) is 5.30. The van der Waals surface area contributed by atoms with Crippen molar-refractivity contribution in [2.75, 3.05) is 90.9 Å². The molecule has 1 spiro atoms. The van der Waals surface area contributed by atoms with Gasteiger partial charge < -0.3 is 23.8 Å². The average Bonchev–Trinajstić information content (AvgIpc) is 3.54. The van der Waals surface area contributed by atoms with Gasteiger partial charge >= 0.3 is 0 Å². The number of carbonyl (C=O) groups excluding carboxylic acids is 1. The maximum absolute atomic E-state index is 13.7. The van der Waals surface area contributed by atoms with Crippen molar-refractivity contribution in [2.45, 2.75) is 74.7 Å². The van der Waals surface area contributed by atoms with E-state index < -0.39 is 26.8 Å². The number of piperazine rings is 1. The van der Waals surface area contributed by atoms with Crippen molar-refractivity contribution >= 4 is 33.2 Å². The van der Waals surface area contributed by atoms with Gasteiger partial charge in [0.15, 0.2) is 0 Å². The quantitative estimate of drug-likeness (QED) is 0.409. The number of methoxy groups -OCH3 is 1. The Morgan fingerprint density at radius 1 is 1.02 bits per heavy atom. The van der Waals surface area contributed by atoms with Crippen molar-refractivity contribution in [3.8, 4) is 5.75 Å². The summed E-state index contributed by atoms with van der Waals surface area (Å²) in [5.41, 5.74) is 2.84. The second kappa shape index (κ2) is 16.5. The van der Waals surface area contributed by atoms with E-state index in [1.165, 1.54) is 11.1 Å². The minimum absolute atomic E-state index is 0.232. The lowest BCUT2D eigenvalue weighted by molar-refractivity contribution is -0.0974. The van der Waals surface area contributed by atoms with E-state index in [0.29, 0.717) is 63.2 Å². The first-order chi connectivity index (χ1) is 27.0. The number of nitrogens with zero attached hydrogens (tertiary/aromatic N) is 3. The number of aryl methyl sites for hydroxylation is 1. The number of benzene rings is 2. The molecule has 0 radical (unpaired) electrons. The fourth-order valence-electron chi connectivity index (χ4n) is 10.3. The summed E-state index contributed by atoms with van der Waals surface area (Å²) in [5, 5.41) is -0.0454. The molecular formula is C43H59ClN4O7S. The molecule has 56 heavy (non-hydrogen) atoms. The van der Waals surface area contributed by atoms with Gasteiger partial charge in [0.2, 0.25) is 10.0 Å². The van der Waals surface area contributed by atoms with Crippen molar-refractivity contribution in [1.29, 1.82) is 0 Å². The van der Waals surface area contributed by atoms with Crippen molar-refractivity contribution < 1.29 is 32.2 Å². The van der Waals surface area contributed by atoms with Crippen LogP contribution in [0.3, 0.4) is 0 Å². The van der Waals surface area contributed by atoms with E-state index in [2.05, 4.69) is 43.7 Å². The molecule has 1 N–H and O–H groups in total. The molecule has 2 saturated heterocycles. The number of hydrogen-bond donors (Lipinski definition) is 1. The molecule has 2 aromatic carbocycles. The van der Waals surface area contributed by atoms with Gasteiger partial charge in [-0.15, -0.1) is 0 Å². The Morgan fingerprint density at radius 2 is 1.80 bits per heavy atom. The van der Waals surface area contributed by atoms with Gasteiger partial charge in [-0.05, 0) is 105 Å². The zero-order valence-corrected chi connectivity index (χ0v) is 34.8. The molecule has 13 heteroatoms. The van der Waals surface area contributed by atoms with Gasteiger partial charge in [-0.25, -0.2) is 13.1 Å². The maximum Gasteiger partial charge on any atom is 0.264 e. The number of nitrogens with one attached hydrogen (secondary N) is 1. The Labute approximate surface area is 338 Å². The highest BCUT2D eigenvalue weighted by Crippen LogP contribution is 2.49. The Balaban J connectivity index is 1.14.